The fraction of sp³-hybridized carbons (Fsp3) is 0.0909. The summed E-state index contributed by atoms with van der Waals surface area (Å²) in [6.07, 6.45) is 3.13. The fourth-order valence-corrected chi connectivity index (χ4v) is 1.42. The van der Waals surface area contributed by atoms with Crippen molar-refractivity contribution in [1.82, 2.24) is 9.55 Å². The Balaban J connectivity index is 2.56. The molecule has 82 valence electrons. The van der Waals surface area contributed by atoms with Crippen LogP contribution >= 0.6 is 0 Å². The van der Waals surface area contributed by atoms with E-state index in [0.717, 1.165) is 11.3 Å². The van der Waals surface area contributed by atoms with Crippen LogP contribution in [0, 0.1) is 6.92 Å². The van der Waals surface area contributed by atoms with E-state index in [1.165, 1.54) is 10.8 Å². The molecule has 0 aliphatic carbocycles. The van der Waals surface area contributed by atoms with Gasteiger partial charge in [-0.15, -0.1) is 0 Å². The molecule has 0 spiro atoms. The first-order valence-corrected chi connectivity index (χ1v) is 4.83. The Hall–Kier alpha value is -2.14. The monoisotopic (exact) mass is 216 g/mol. The first-order chi connectivity index (χ1) is 7.72. The highest BCUT2D eigenvalue weighted by Gasteiger charge is 2.04. The zero-order valence-corrected chi connectivity index (χ0v) is 8.84. The Labute approximate surface area is 92.5 Å². The second-order valence-corrected chi connectivity index (χ2v) is 3.43. The largest absolute Gasteiger partial charge is 0.304 e. The lowest BCUT2D eigenvalue weighted by Gasteiger charge is -2.06. The van der Waals surface area contributed by atoms with Crippen LogP contribution in [0.3, 0.4) is 0 Å². The SMILES string of the molecule is Cc1ccc(-n2ccnc(NN)c2=O)cc1. The highest BCUT2D eigenvalue weighted by molar-refractivity contribution is 5.38. The molecule has 1 aromatic heterocycles. The summed E-state index contributed by atoms with van der Waals surface area (Å²) in [6, 6.07) is 7.63. The van der Waals surface area contributed by atoms with Gasteiger partial charge in [0.1, 0.15) is 0 Å². The summed E-state index contributed by atoms with van der Waals surface area (Å²) >= 11 is 0. The molecule has 0 saturated heterocycles. The summed E-state index contributed by atoms with van der Waals surface area (Å²) in [4.78, 5) is 15.7. The number of hydrazine groups is 1. The second-order valence-electron chi connectivity index (χ2n) is 3.43. The number of hydrogen-bond acceptors (Lipinski definition) is 4. The number of nitrogens with two attached hydrogens (primary N) is 1. The average molecular weight is 216 g/mol. The summed E-state index contributed by atoms with van der Waals surface area (Å²) in [7, 11) is 0. The maximum absolute atomic E-state index is 11.8. The molecule has 0 amide bonds. The topological polar surface area (TPSA) is 72.9 Å². The van der Waals surface area contributed by atoms with Crippen LogP contribution in [-0.4, -0.2) is 9.55 Å². The third-order valence-corrected chi connectivity index (χ3v) is 2.29. The second kappa shape index (κ2) is 4.16. The number of anilines is 1. The number of hydrogen-bond donors (Lipinski definition) is 2. The molecule has 1 aromatic carbocycles. The number of nitrogens with zero attached hydrogens (tertiary/aromatic N) is 2. The van der Waals surface area contributed by atoms with Gasteiger partial charge >= 0.3 is 0 Å². The highest BCUT2D eigenvalue weighted by Crippen LogP contribution is 2.07. The number of aryl methyl sites for hydroxylation is 1. The minimum absolute atomic E-state index is 0.128. The van der Waals surface area contributed by atoms with E-state index in [9.17, 15) is 4.79 Å². The van der Waals surface area contributed by atoms with Gasteiger partial charge in [0.25, 0.3) is 5.56 Å². The molecule has 0 fully saturated rings. The Morgan fingerprint density at radius 3 is 2.62 bits per heavy atom. The van der Waals surface area contributed by atoms with Crippen LogP contribution < -0.4 is 16.8 Å². The van der Waals surface area contributed by atoms with Crippen molar-refractivity contribution in [2.24, 2.45) is 5.84 Å². The van der Waals surface area contributed by atoms with Crippen LogP contribution in [0.1, 0.15) is 5.56 Å². The lowest BCUT2D eigenvalue weighted by Crippen LogP contribution is -2.25. The first kappa shape index (κ1) is 10.4. The van der Waals surface area contributed by atoms with Crippen LogP contribution in [-0.2, 0) is 0 Å². The fourth-order valence-electron chi connectivity index (χ4n) is 1.42. The van der Waals surface area contributed by atoms with Crippen molar-refractivity contribution in [3.8, 4) is 5.69 Å². The van der Waals surface area contributed by atoms with E-state index in [0.29, 0.717) is 0 Å². The van der Waals surface area contributed by atoms with Gasteiger partial charge in [0.15, 0.2) is 0 Å². The Morgan fingerprint density at radius 2 is 2.00 bits per heavy atom. The van der Waals surface area contributed by atoms with Crippen molar-refractivity contribution >= 4 is 5.82 Å². The molecule has 0 aliphatic rings. The van der Waals surface area contributed by atoms with Gasteiger partial charge in [0.05, 0.1) is 0 Å². The van der Waals surface area contributed by atoms with Gasteiger partial charge in [-0.3, -0.25) is 9.36 Å². The molecule has 0 saturated carbocycles. The maximum atomic E-state index is 11.8. The molecule has 0 bridgehead atoms. The van der Waals surface area contributed by atoms with Crippen molar-refractivity contribution in [2.45, 2.75) is 6.92 Å². The number of nitrogen functional groups attached to an aromatic ring is 1. The van der Waals surface area contributed by atoms with E-state index >= 15 is 0 Å². The van der Waals surface area contributed by atoms with E-state index in [4.69, 9.17) is 5.84 Å². The van der Waals surface area contributed by atoms with Crippen molar-refractivity contribution in [2.75, 3.05) is 5.43 Å². The molecule has 0 atom stereocenters. The van der Waals surface area contributed by atoms with E-state index in [1.807, 2.05) is 31.2 Å². The third-order valence-electron chi connectivity index (χ3n) is 2.29. The summed E-state index contributed by atoms with van der Waals surface area (Å²) in [5, 5.41) is 0. The van der Waals surface area contributed by atoms with E-state index < -0.39 is 0 Å². The van der Waals surface area contributed by atoms with Crippen molar-refractivity contribution in [3.05, 3.63) is 52.6 Å². The van der Waals surface area contributed by atoms with Gasteiger partial charge < -0.3 is 5.43 Å². The first-order valence-electron chi connectivity index (χ1n) is 4.83. The molecule has 5 nitrogen and oxygen atoms in total. The summed E-state index contributed by atoms with van der Waals surface area (Å²) in [6.45, 7) is 1.99. The molecule has 0 radical (unpaired) electrons. The predicted octanol–water partition coefficient (Wildman–Crippen LogP) is 0.827. The van der Waals surface area contributed by atoms with Gasteiger partial charge in [-0.2, -0.15) is 0 Å². The van der Waals surface area contributed by atoms with Crippen LogP contribution in [0.4, 0.5) is 5.82 Å². The quantitative estimate of drug-likeness (QED) is 0.576. The average Bonchev–Trinajstić information content (AvgIpc) is 2.31. The van der Waals surface area contributed by atoms with E-state index in [1.54, 1.807) is 6.20 Å². The van der Waals surface area contributed by atoms with Gasteiger partial charge in [-0.25, -0.2) is 10.8 Å². The summed E-state index contributed by atoms with van der Waals surface area (Å²) in [5.74, 6) is 5.32. The van der Waals surface area contributed by atoms with Crippen molar-refractivity contribution < 1.29 is 0 Å². The molecule has 5 heteroatoms. The molecular weight excluding hydrogens is 204 g/mol. The molecule has 2 aromatic rings. The van der Waals surface area contributed by atoms with Crippen LogP contribution in [0.15, 0.2) is 41.5 Å². The third kappa shape index (κ3) is 1.80. The van der Waals surface area contributed by atoms with E-state index in [2.05, 4.69) is 10.4 Å². The predicted molar refractivity (Wildman–Crippen MR) is 62.4 cm³/mol. The molecule has 0 unspecified atom stereocenters. The van der Waals surface area contributed by atoms with E-state index in [-0.39, 0.29) is 11.4 Å². The van der Waals surface area contributed by atoms with Crippen LogP contribution in [0.25, 0.3) is 5.69 Å². The number of rotatable bonds is 2. The zero-order chi connectivity index (χ0) is 11.5. The van der Waals surface area contributed by atoms with Gasteiger partial charge in [0.2, 0.25) is 5.82 Å². The minimum Gasteiger partial charge on any atom is -0.304 e. The molecule has 3 N–H and O–H groups in total. The highest BCUT2D eigenvalue weighted by atomic mass is 16.1. The molecule has 2 rings (SSSR count). The summed E-state index contributed by atoms with van der Waals surface area (Å²) < 4.78 is 1.49. The van der Waals surface area contributed by atoms with Crippen LogP contribution in [0.5, 0.6) is 0 Å². The van der Waals surface area contributed by atoms with Crippen molar-refractivity contribution in [1.29, 1.82) is 0 Å². The number of aromatic nitrogens is 2. The van der Waals surface area contributed by atoms with Crippen LogP contribution in [0.2, 0.25) is 0 Å². The zero-order valence-electron chi connectivity index (χ0n) is 8.84. The lowest BCUT2D eigenvalue weighted by atomic mass is 10.2. The number of nitrogens with one attached hydrogen (secondary N) is 1. The standard InChI is InChI=1S/C11H12N4O/c1-8-2-4-9(5-3-8)15-7-6-13-10(14-12)11(15)16/h2-7H,12H2,1H3,(H,13,14). The van der Waals surface area contributed by atoms with Gasteiger partial charge in [-0.1, -0.05) is 17.7 Å². The molecule has 16 heavy (non-hydrogen) atoms. The van der Waals surface area contributed by atoms with Gasteiger partial charge in [-0.05, 0) is 19.1 Å². The maximum Gasteiger partial charge on any atom is 0.299 e. The molecule has 1 heterocycles. The Bertz CT molecular complexity index is 545. The lowest BCUT2D eigenvalue weighted by molar-refractivity contribution is 0.952. The van der Waals surface area contributed by atoms with Crippen molar-refractivity contribution in [3.63, 3.8) is 0 Å². The minimum atomic E-state index is -0.270. The molecule has 0 aliphatic heterocycles. The Morgan fingerprint density at radius 1 is 1.31 bits per heavy atom. The smallest absolute Gasteiger partial charge is 0.299 e. The molecular formula is C11H12N4O. The Kier molecular flexibility index (Phi) is 2.70. The van der Waals surface area contributed by atoms with Gasteiger partial charge in [0, 0.05) is 18.1 Å². The number of benzene rings is 1. The normalized spacial score (nSPS) is 10.1. The summed E-state index contributed by atoms with van der Waals surface area (Å²) in [5.41, 5.74) is 3.93.